The Morgan fingerprint density at radius 1 is 1.30 bits per heavy atom. The molecule has 0 bridgehead atoms. The van der Waals surface area contributed by atoms with E-state index in [1.807, 2.05) is 50.5 Å². The van der Waals surface area contributed by atoms with Crippen molar-refractivity contribution in [2.45, 2.75) is 25.9 Å². The maximum atomic E-state index is 12.2. The van der Waals surface area contributed by atoms with Crippen molar-refractivity contribution in [1.82, 2.24) is 20.0 Å². The number of carbonyl (C=O) groups excluding carboxylic acids is 2. The molecule has 0 saturated heterocycles. The minimum absolute atomic E-state index is 0.167. The molecule has 0 aliphatic heterocycles. The van der Waals surface area contributed by atoms with Crippen molar-refractivity contribution in [1.29, 1.82) is 0 Å². The van der Waals surface area contributed by atoms with Gasteiger partial charge in [-0.2, -0.15) is 5.10 Å². The number of benzene rings is 1. The Labute approximate surface area is 136 Å². The Morgan fingerprint density at radius 3 is 2.57 bits per heavy atom. The van der Waals surface area contributed by atoms with E-state index >= 15 is 0 Å². The van der Waals surface area contributed by atoms with Crippen molar-refractivity contribution < 1.29 is 9.59 Å². The SMILES string of the molecule is CC[C@@H](NC(=O)C(=O)N(C)Cc1cnn(C)c1)c1ccccc1. The number of amides is 2. The van der Waals surface area contributed by atoms with Crippen molar-refractivity contribution >= 4 is 11.8 Å². The van der Waals surface area contributed by atoms with Gasteiger partial charge in [-0.25, -0.2) is 0 Å². The van der Waals surface area contributed by atoms with Crippen LogP contribution in [-0.2, 0) is 23.2 Å². The normalized spacial score (nSPS) is 11.8. The molecule has 0 aliphatic rings. The summed E-state index contributed by atoms with van der Waals surface area (Å²) in [5.74, 6) is -1.14. The van der Waals surface area contributed by atoms with Crippen molar-refractivity contribution in [3.05, 3.63) is 53.9 Å². The first-order valence-corrected chi connectivity index (χ1v) is 7.59. The number of hydrogen-bond donors (Lipinski definition) is 1. The molecule has 6 nitrogen and oxygen atoms in total. The van der Waals surface area contributed by atoms with Crippen LogP contribution in [0.2, 0.25) is 0 Å². The first kappa shape index (κ1) is 16.7. The average Bonchev–Trinajstić information content (AvgIpc) is 2.97. The van der Waals surface area contributed by atoms with E-state index in [4.69, 9.17) is 0 Å². The summed E-state index contributed by atoms with van der Waals surface area (Å²) in [7, 11) is 3.42. The molecule has 6 heteroatoms. The first-order chi connectivity index (χ1) is 11.0. The third-order valence-corrected chi connectivity index (χ3v) is 3.63. The van der Waals surface area contributed by atoms with Crippen LogP contribution < -0.4 is 5.32 Å². The predicted octanol–water partition coefficient (Wildman–Crippen LogP) is 1.65. The largest absolute Gasteiger partial charge is 0.341 e. The second-order valence-corrected chi connectivity index (χ2v) is 5.53. The molecule has 122 valence electrons. The molecule has 2 aromatic rings. The van der Waals surface area contributed by atoms with E-state index in [0.717, 1.165) is 17.5 Å². The molecule has 1 N–H and O–H groups in total. The average molecular weight is 314 g/mol. The lowest BCUT2D eigenvalue weighted by Crippen LogP contribution is -2.42. The van der Waals surface area contributed by atoms with E-state index in [9.17, 15) is 9.59 Å². The molecule has 2 rings (SSSR count). The number of rotatable bonds is 5. The Hall–Kier alpha value is -2.63. The van der Waals surface area contributed by atoms with Gasteiger partial charge in [-0.3, -0.25) is 14.3 Å². The number of hydrogen-bond acceptors (Lipinski definition) is 3. The van der Waals surface area contributed by atoms with Crippen LogP contribution in [0.3, 0.4) is 0 Å². The molecule has 0 saturated carbocycles. The molecule has 1 aromatic heterocycles. The summed E-state index contributed by atoms with van der Waals surface area (Å²) in [4.78, 5) is 25.8. The van der Waals surface area contributed by atoms with Crippen molar-refractivity contribution in [2.75, 3.05) is 7.05 Å². The van der Waals surface area contributed by atoms with E-state index in [-0.39, 0.29) is 6.04 Å². The minimum Gasteiger partial charge on any atom is -0.341 e. The number of aryl methyl sites for hydroxylation is 1. The molecule has 1 atom stereocenters. The van der Waals surface area contributed by atoms with Crippen LogP contribution in [0.15, 0.2) is 42.7 Å². The Morgan fingerprint density at radius 2 is 2.00 bits per heavy atom. The second-order valence-electron chi connectivity index (χ2n) is 5.53. The third kappa shape index (κ3) is 4.42. The first-order valence-electron chi connectivity index (χ1n) is 7.59. The quantitative estimate of drug-likeness (QED) is 0.853. The lowest BCUT2D eigenvalue weighted by molar-refractivity contribution is -0.145. The van der Waals surface area contributed by atoms with Crippen LogP contribution >= 0.6 is 0 Å². The summed E-state index contributed by atoms with van der Waals surface area (Å²) in [6.45, 7) is 2.32. The third-order valence-electron chi connectivity index (χ3n) is 3.63. The van der Waals surface area contributed by atoms with Gasteiger partial charge in [0, 0.05) is 32.4 Å². The van der Waals surface area contributed by atoms with E-state index in [2.05, 4.69) is 10.4 Å². The van der Waals surface area contributed by atoms with Crippen LogP contribution in [0.25, 0.3) is 0 Å². The zero-order valence-electron chi connectivity index (χ0n) is 13.7. The summed E-state index contributed by atoms with van der Waals surface area (Å²) in [6, 6.07) is 9.47. The zero-order chi connectivity index (χ0) is 16.8. The number of aromatic nitrogens is 2. The van der Waals surface area contributed by atoms with Gasteiger partial charge in [-0.15, -0.1) is 0 Å². The van der Waals surface area contributed by atoms with Crippen LogP contribution in [-0.4, -0.2) is 33.5 Å². The maximum Gasteiger partial charge on any atom is 0.311 e. The van der Waals surface area contributed by atoms with Crippen molar-refractivity contribution in [3.63, 3.8) is 0 Å². The number of carbonyl (C=O) groups is 2. The Balaban J connectivity index is 1.97. The summed E-state index contributed by atoms with van der Waals surface area (Å²) in [5.41, 5.74) is 1.87. The fourth-order valence-corrected chi connectivity index (χ4v) is 2.40. The summed E-state index contributed by atoms with van der Waals surface area (Å²) < 4.78 is 1.66. The highest BCUT2D eigenvalue weighted by atomic mass is 16.2. The van der Waals surface area contributed by atoms with Crippen LogP contribution in [0, 0.1) is 0 Å². The van der Waals surface area contributed by atoms with E-state index in [1.165, 1.54) is 4.90 Å². The maximum absolute atomic E-state index is 12.2. The van der Waals surface area contributed by atoms with Gasteiger partial charge in [0.05, 0.1) is 12.2 Å². The van der Waals surface area contributed by atoms with Gasteiger partial charge in [-0.05, 0) is 12.0 Å². The lowest BCUT2D eigenvalue weighted by Gasteiger charge is -2.20. The highest BCUT2D eigenvalue weighted by molar-refractivity contribution is 6.34. The van der Waals surface area contributed by atoms with Gasteiger partial charge >= 0.3 is 11.8 Å². The molecule has 23 heavy (non-hydrogen) atoms. The van der Waals surface area contributed by atoms with Gasteiger partial charge in [0.15, 0.2) is 0 Å². The van der Waals surface area contributed by atoms with E-state index < -0.39 is 11.8 Å². The summed E-state index contributed by atoms with van der Waals surface area (Å²) in [6.07, 6.45) is 4.22. The van der Waals surface area contributed by atoms with E-state index in [0.29, 0.717) is 6.54 Å². The molecule has 0 aliphatic carbocycles. The van der Waals surface area contributed by atoms with Crippen molar-refractivity contribution in [2.24, 2.45) is 7.05 Å². The molecular formula is C17H22N4O2. The highest BCUT2D eigenvalue weighted by Crippen LogP contribution is 2.15. The molecule has 1 heterocycles. The minimum atomic E-state index is -0.591. The number of nitrogens with one attached hydrogen (secondary N) is 1. The van der Waals surface area contributed by atoms with Gasteiger partial charge in [0.25, 0.3) is 0 Å². The molecule has 0 spiro atoms. The zero-order valence-corrected chi connectivity index (χ0v) is 13.7. The standard InChI is InChI=1S/C17H22N4O2/c1-4-15(14-8-6-5-7-9-14)19-16(22)17(23)20(2)11-13-10-18-21(3)12-13/h5-10,12,15H,4,11H2,1-3H3,(H,19,22)/t15-/m1/s1. The molecule has 2 amide bonds. The highest BCUT2D eigenvalue weighted by Gasteiger charge is 2.22. The molecule has 0 fully saturated rings. The topological polar surface area (TPSA) is 67.2 Å². The van der Waals surface area contributed by atoms with Gasteiger partial charge < -0.3 is 10.2 Å². The molecular weight excluding hydrogens is 292 g/mol. The number of nitrogens with zero attached hydrogens (tertiary/aromatic N) is 3. The van der Waals surface area contributed by atoms with E-state index in [1.54, 1.807) is 17.9 Å². The fraction of sp³-hybridized carbons (Fsp3) is 0.353. The Kier molecular flexibility index (Phi) is 5.51. The lowest BCUT2D eigenvalue weighted by atomic mass is 10.0. The van der Waals surface area contributed by atoms with Gasteiger partial charge in [0.1, 0.15) is 0 Å². The monoisotopic (exact) mass is 314 g/mol. The second kappa shape index (κ2) is 7.58. The molecule has 1 aromatic carbocycles. The van der Waals surface area contributed by atoms with Gasteiger partial charge in [-0.1, -0.05) is 37.3 Å². The van der Waals surface area contributed by atoms with Crippen molar-refractivity contribution in [3.8, 4) is 0 Å². The Bertz CT molecular complexity index is 666. The van der Waals surface area contributed by atoms with Crippen LogP contribution in [0.5, 0.6) is 0 Å². The predicted molar refractivity (Wildman–Crippen MR) is 87.3 cm³/mol. The number of likely N-dealkylation sites (N-methyl/N-ethyl adjacent to an activating group) is 1. The molecule has 0 unspecified atom stereocenters. The fourth-order valence-electron chi connectivity index (χ4n) is 2.40. The van der Waals surface area contributed by atoms with Crippen LogP contribution in [0.4, 0.5) is 0 Å². The van der Waals surface area contributed by atoms with Crippen LogP contribution in [0.1, 0.15) is 30.5 Å². The smallest absolute Gasteiger partial charge is 0.311 e. The van der Waals surface area contributed by atoms with Gasteiger partial charge in [0.2, 0.25) is 0 Å². The summed E-state index contributed by atoms with van der Waals surface area (Å²) in [5, 5.41) is 6.86. The summed E-state index contributed by atoms with van der Waals surface area (Å²) >= 11 is 0. The molecule has 0 radical (unpaired) electrons.